The minimum atomic E-state index is -0.471. The molecule has 0 aromatic heterocycles. The van der Waals surface area contributed by atoms with Gasteiger partial charge in [-0.3, -0.25) is 14.5 Å². The Labute approximate surface area is 159 Å². The second-order valence-electron chi connectivity index (χ2n) is 10.0. The Morgan fingerprint density at radius 1 is 1.12 bits per heavy atom. The third-order valence-electron chi connectivity index (χ3n) is 5.31. The highest BCUT2D eigenvalue weighted by molar-refractivity contribution is 5.77. The van der Waals surface area contributed by atoms with Crippen molar-refractivity contribution in [3.8, 4) is 0 Å². The van der Waals surface area contributed by atoms with Crippen LogP contribution in [0.3, 0.4) is 0 Å². The number of hydrogen-bond donors (Lipinski definition) is 1. The van der Waals surface area contributed by atoms with Crippen LogP contribution in [-0.4, -0.2) is 47.0 Å². The molecule has 0 aromatic rings. The summed E-state index contributed by atoms with van der Waals surface area (Å²) in [7, 11) is 0. The lowest BCUT2D eigenvalue weighted by Crippen LogP contribution is -2.41. The molecule has 0 radical (unpaired) electrons. The molecule has 0 bridgehead atoms. The SMILES string of the molecule is CC(C)(C)OC(=O)[C@@H](CCCC(=O)NC1CC1)[C@H]1CCN(C(C)(C)C)C1. The molecule has 26 heavy (non-hydrogen) atoms. The van der Waals surface area contributed by atoms with Crippen molar-refractivity contribution in [3.63, 3.8) is 0 Å². The van der Waals surface area contributed by atoms with Crippen molar-refractivity contribution >= 4 is 11.9 Å². The van der Waals surface area contributed by atoms with E-state index >= 15 is 0 Å². The Morgan fingerprint density at radius 3 is 2.27 bits per heavy atom. The molecule has 1 heterocycles. The van der Waals surface area contributed by atoms with E-state index in [2.05, 4.69) is 31.0 Å². The third-order valence-corrected chi connectivity index (χ3v) is 5.31. The fourth-order valence-electron chi connectivity index (χ4n) is 3.66. The van der Waals surface area contributed by atoms with Gasteiger partial charge in [0.1, 0.15) is 5.60 Å². The van der Waals surface area contributed by atoms with Crippen LogP contribution in [0.4, 0.5) is 0 Å². The van der Waals surface area contributed by atoms with Crippen molar-refractivity contribution in [2.24, 2.45) is 11.8 Å². The topological polar surface area (TPSA) is 58.6 Å². The average Bonchev–Trinajstić information content (AvgIpc) is 3.12. The van der Waals surface area contributed by atoms with Gasteiger partial charge in [-0.2, -0.15) is 0 Å². The Bertz CT molecular complexity index is 500. The number of carbonyl (C=O) groups is 2. The summed E-state index contributed by atoms with van der Waals surface area (Å²) in [6.07, 6.45) is 5.22. The van der Waals surface area contributed by atoms with E-state index in [1.807, 2.05) is 20.8 Å². The Kier molecular flexibility index (Phi) is 6.75. The summed E-state index contributed by atoms with van der Waals surface area (Å²) in [4.78, 5) is 27.2. The second kappa shape index (κ2) is 8.28. The van der Waals surface area contributed by atoms with Crippen molar-refractivity contribution in [2.75, 3.05) is 13.1 Å². The predicted octanol–water partition coefficient (Wildman–Crippen LogP) is 3.51. The lowest BCUT2D eigenvalue weighted by molar-refractivity contribution is -0.162. The normalized spacial score (nSPS) is 22.9. The Balaban J connectivity index is 1.92. The van der Waals surface area contributed by atoms with Crippen LogP contribution in [0.5, 0.6) is 0 Å². The van der Waals surface area contributed by atoms with Crippen LogP contribution in [0.1, 0.15) is 80.1 Å². The molecule has 1 aliphatic carbocycles. The Morgan fingerprint density at radius 2 is 1.77 bits per heavy atom. The lowest BCUT2D eigenvalue weighted by Gasteiger charge is -2.33. The second-order valence-corrected chi connectivity index (χ2v) is 10.0. The van der Waals surface area contributed by atoms with Crippen LogP contribution in [0.2, 0.25) is 0 Å². The zero-order chi connectivity index (χ0) is 19.5. The molecule has 1 amide bonds. The van der Waals surface area contributed by atoms with E-state index in [-0.39, 0.29) is 23.3 Å². The van der Waals surface area contributed by atoms with Crippen molar-refractivity contribution in [1.82, 2.24) is 10.2 Å². The van der Waals surface area contributed by atoms with Crippen LogP contribution >= 0.6 is 0 Å². The van der Waals surface area contributed by atoms with Gasteiger partial charge in [0.25, 0.3) is 0 Å². The summed E-state index contributed by atoms with van der Waals surface area (Å²) >= 11 is 0. The van der Waals surface area contributed by atoms with Gasteiger partial charge in [0, 0.05) is 24.5 Å². The number of nitrogens with zero attached hydrogens (tertiary/aromatic N) is 1. The van der Waals surface area contributed by atoms with Crippen LogP contribution in [0.25, 0.3) is 0 Å². The smallest absolute Gasteiger partial charge is 0.309 e. The molecule has 0 unspecified atom stereocenters. The molecule has 2 aliphatic rings. The summed E-state index contributed by atoms with van der Waals surface area (Å²) in [5, 5.41) is 3.03. The number of nitrogens with one attached hydrogen (secondary N) is 1. The molecule has 5 heteroatoms. The number of hydrogen-bond acceptors (Lipinski definition) is 4. The van der Waals surface area contributed by atoms with Gasteiger partial charge < -0.3 is 10.1 Å². The molecular weight excluding hydrogens is 328 g/mol. The van der Waals surface area contributed by atoms with Gasteiger partial charge in [-0.1, -0.05) is 0 Å². The number of amides is 1. The van der Waals surface area contributed by atoms with Crippen molar-refractivity contribution < 1.29 is 14.3 Å². The maximum absolute atomic E-state index is 12.8. The van der Waals surface area contributed by atoms with E-state index in [1.165, 1.54) is 0 Å². The number of carbonyl (C=O) groups excluding carboxylic acids is 2. The number of esters is 1. The molecule has 2 fully saturated rings. The molecule has 150 valence electrons. The van der Waals surface area contributed by atoms with Crippen LogP contribution in [-0.2, 0) is 14.3 Å². The van der Waals surface area contributed by atoms with Crippen LogP contribution in [0.15, 0.2) is 0 Å². The van der Waals surface area contributed by atoms with Gasteiger partial charge in [-0.05, 0) is 86.1 Å². The van der Waals surface area contributed by atoms with E-state index in [0.29, 0.717) is 18.4 Å². The summed E-state index contributed by atoms with van der Waals surface area (Å²) < 4.78 is 5.71. The van der Waals surface area contributed by atoms with Gasteiger partial charge in [-0.15, -0.1) is 0 Å². The lowest BCUT2D eigenvalue weighted by atomic mass is 9.86. The zero-order valence-corrected chi connectivity index (χ0v) is 17.6. The monoisotopic (exact) mass is 366 g/mol. The van der Waals surface area contributed by atoms with E-state index < -0.39 is 5.60 Å². The van der Waals surface area contributed by atoms with Crippen LogP contribution < -0.4 is 5.32 Å². The molecule has 5 nitrogen and oxygen atoms in total. The molecule has 1 N–H and O–H groups in total. The van der Waals surface area contributed by atoms with Crippen molar-refractivity contribution in [3.05, 3.63) is 0 Å². The van der Waals surface area contributed by atoms with E-state index in [0.717, 1.165) is 45.2 Å². The number of likely N-dealkylation sites (tertiary alicyclic amines) is 1. The summed E-state index contributed by atoms with van der Waals surface area (Å²) in [5.74, 6) is 0.227. The first-order valence-corrected chi connectivity index (χ1v) is 10.2. The third kappa shape index (κ3) is 6.90. The molecule has 1 saturated carbocycles. The first kappa shape index (κ1) is 21.2. The summed E-state index contributed by atoms with van der Waals surface area (Å²) in [5.41, 5.74) is -0.349. The van der Waals surface area contributed by atoms with Crippen LogP contribution in [0, 0.1) is 11.8 Å². The highest BCUT2D eigenvalue weighted by atomic mass is 16.6. The van der Waals surface area contributed by atoms with Gasteiger partial charge in [0.15, 0.2) is 0 Å². The van der Waals surface area contributed by atoms with E-state index in [9.17, 15) is 9.59 Å². The quantitative estimate of drug-likeness (QED) is 0.701. The summed E-state index contributed by atoms with van der Waals surface area (Å²) in [6, 6.07) is 0.402. The maximum atomic E-state index is 12.8. The van der Waals surface area contributed by atoms with Gasteiger partial charge in [0.05, 0.1) is 5.92 Å². The molecule has 2 rings (SSSR count). The fourth-order valence-corrected chi connectivity index (χ4v) is 3.66. The van der Waals surface area contributed by atoms with Gasteiger partial charge in [-0.25, -0.2) is 0 Å². The Hall–Kier alpha value is -1.10. The summed E-state index contributed by atoms with van der Waals surface area (Å²) in [6.45, 7) is 14.4. The zero-order valence-electron chi connectivity index (χ0n) is 17.6. The fraction of sp³-hybridized carbons (Fsp3) is 0.905. The van der Waals surface area contributed by atoms with Crippen molar-refractivity contribution in [2.45, 2.75) is 97.2 Å². The first-order valence-electron chi connectivity index (χ1n) is 10.2. The van der Waals surface area contributed by atoms with E-state index in [4.69, 9.17) is 4.74 Å². The standard InChI is InChI=1S/C21H38N2O3/c1-20(2,3)23-13-12-15(14-23)17(19(25)26-21(4,5)6)8-7-9-18(24)22-16-10-11-16/h15-17H,7-14H2,1-6H3,(H,22,24)/t15-,17-/m0/s1. The molecule has 1 aliphatic heterocycles. The minimum Gasteiger partial charge on any atom is -0.460 e. The molecular formula is C21H38N2O3. The molecule has 2 atom stereocenters. The molecule has 0 aromatic carbocycles. The largest absolute Gasteiger partial charge is 0.460 e. The highest BCUT2D eigenvalue weighted by Gasteiger charge is 2.39. The highest BCUT2D eigenvalue weighted by Crippen LogP contribution is 2.33. The van der Waals surface area contributed by atoms with Crippen molar-refractivity contribution in [1.29, 1.82) is 0 Å². The minimum absolute atomic E-state index is 0.0964. The van der Waals surface area contributed by atoms with Gasteiger partial charge >= 0.3 is 5.97 Å². The number of rotatable bonds is 7. The average molecular weight is 367 g/mol. The van der Waals surface area contributed by atoms with E-state index in [1.54, 1.807) is 0 Å². The van der Waals surface area contributed by atoms with Gasteiger partial charge in [0.2, 0.25) is 5.91 Å². The molecule has 1 saturated heterocycles. The maximum Gasteiger partial charge on any atom is 0.309 e. The molecule has 0 spiro atoms. The number of ether oxygens (including phenoxy) is 1. The predicted molar refractivity (Wildman–Crippen MR) is 104 cm³/mol. The first-order chi connectivity index (χ1) is 12.0.